The van der Waals surface area contributed by atoms with Gasteiger partial charge < -0.3 is 25.5 Å². The fraction of sp³-hybridized carbons (Fsp3) is 0.250. The van der Waals surface area contributed by atoms with E-state index in [4.69, 9.17) is 19.1 Å². The maximum Gasteiger partial charge on any atom is 0.150 e. The molecule has 0 saturated heterocycles. The molecule has 0 amide bonds. The molecule has 1 aromatic heterocycles. The molecule has 3 radical (unpaired) electrons. The van der Waals surface area contributed by atoms with E-state index in [1.807, 2.05) is 25.4 Å². The number of allylic oxidation sites excluding steroid dienone is 2. The van der Waals surface area contributed by atoms with Crippen LogP contribution in [0.25, 0.3) is 17.7 Å². The number of benzene rings is 1. The van der Waals surface area contributed by atoms with Crippen molar-refractivity contribution in [1.29, 1.82) is 5.41 Å². The Labute approximate surface area is 180 Å². The number of nitrogens with two attached hydrogens (primary N) is 1. The number of H-pyrrole nitrogens is 1. The van der Waals surface area contributed by atoms with Crippen LogP contribution in [0.1, 0.15) is 35.4 Å². The van der Waals surface area contributed by atoms with Gasteiger partial charge >= 0.3 is 0 Å². The SMILES string of the molecule is [B-][N+]1=CC=CC1=C(CCN)c1[nH]c(/C=C/c2ccc(N(C)CCC=N)cc2)cc1C. The van der Waals surface area contributed by atoms with Gasteiger partial charge in [0.15, 0.2) is 5.70 Å². The molecule has 0 unspecified atom stereocenters. The van der Waals surface area contributed by atoms with Crippen molar-refractivity contribution in [2.45, 2.75) is 19.8 Å². The molecule has 5 nitrogen and oxygen atoms in total. The van der Waals surface area contributed by atoms with E-state index in [-0.39, 0.29) is 0 Å². The number of nitrogens with zero attached hydrogens (tertiary/aromatic N) is 2. The minimum atomic E-state index is 0.560. The molecule has 0 bridgehead atoms. The lowest BCUT2D eigenvalue weighted by Crippen LogP contribution is -2.18. The van der Waals surface area contributed by atoms with Crippen molar-refractivity contribution in [2.24, 2.45) is 5.73 Å². The first-order chi connectivity index (χ1) is 14.5. The highest BCUT2D eigenvalue weighted by molar-refractivity contribution is 6.01. The lowest BCUT2D eigenvalue weighted by Gasteiger charge is -2.18. The van der Waals surface area contributed by atoms with Crippen molar-refractivity contribution in [3.8, 4) is 0 Å². The summed E-state index contributed by atoms with van der Waals surface area (Å²) in [6.45, 7) is 3.50. The van der Waals surface area contributed by atoms with Crippen LogP contribution < -0.4 is 10.6 Å². The third-order valence-corrected chi connectivity index (χ3v) is 5.22. The molecule has 0 fully saturated rings. The Hall–Kier alpha value is -3.12. The molecule has 0 atom stereocenters. The minimum Gasteiger partial charge on any atom is -0.509 e. The van der Waals surface area contributed by atoms with Gasteiger partial charge in [-0.1, -0.05) is 18.2 Å². The van der Waals surface area contributed by atoms with Gasteiger partial charge in [0.25, 0.3) is 0 Å². The van der Waals surface area contributed by atoms with Crippen LogP contribution in [0.2, 0.25) is 0 Å². The maximum absolute atomic E-state index is 7.17. The van der Waals surface area contributed by atoms with E-state index in [0.717, 1.165) is 53.3 Å². The van der Waals surface area contributed by atoms with Crippen molar-refractivity contribution in [3.63, 3.8) is 0 Å². The summed E-state index contributed by atoms with van der Waals surface area (Å²) in [4.78, 5) is 5.68. The van der Waals surface area contributed by atoms with Gasteiger partial charge in [0.05, 0.1) is 5.69 Å². The van der Waals surface area contributed by atoms with E-state index in [1.165, 1.54) is 11.8 Å². The van der Waals surface area contributed by atoms with Crippen LogP contribution in [-0.4, -0.2) is 50.0 Å². The van der Waals surface area contributed by atoms with Crippen LogP contribution >= 0.6 is 0 Å². The molecule has 0 saturated carbocycles. The monoisotopic (exact) mass is 398 g/mol. The molecule has 1 aliphatic rings. The second kappa shape index (κ2) is 10.1. The molecule has 30 heavy (non-hydrogen) atoms. The standard InChI is InChI=1S/C24H29BN5/c1-18-17-20(28-24(18)22(12-14-27)23-5-3-16-30(23)25)9-6-19-7-10-21(11-8-19)29(2)15-4-13-26/h3,5-11,13,16-17,26,28H,4,12,14-15,27H2,1-2H3/b9-6+,23-22?,26-13?. The lowest BCUT2D eigenvalue weighted by atomic mass is 10.0. The molecule has 153 valence electrons. The van der Waals surface area contributed by atoms with Crippen LogP contribution in [0.15, 0.2) is 48.2 Å². The number of hydrogen-bond acceptors (Lipinski definition) is 3. The van der Waals surface area contributed by atoms with E-state index >= 15 is 0 Å². The Morgan fingerprint density at radius 3 is 2.67 bits per heavy atom. The first-order valence-electron chi connectivity index (χ1n) is 10.2. The van der Waals surface area contributed by atoms with Crippen LogP contribution in [0.4, 0.5) is 5.69 Å². The van der Waals surface area contributed by atoms with E-state index < -0.39 is 0 Å². The Kier molecular flexibility index (Phi) is 7.25. The summed E-state index contributed by atoms with van der Waals surface area (Å²) in [5.41, 5.74) is 13.5. The average Bonchev–Trinajstić information content (AvgIpc) is 3.34. The van der Waals surface area contributed by atoms with Crippen molar-refractivity contribution >= 4 is 43.8 Å². The number of hydrogen-bond donors (Lipinski definition) is 3. The zero-order valence-electron chi connectivity index (χ0n) is 17.7. The van der Waals surface area contributed by atoms with Crippen molar-refractivity contribution in [2.75, 3.05) is 25.0 Å². The topological polar surface area (TPSA) is 71.9 Å². The van der Waals surface area contributed by atoms with E-state index in [0.29, 0.717) is 6.54 Å². The Morgan fingerprint density at radius 2 is 2.03 bits per heavy atom. The summed E-state index contributed by atoms with van der Waals surface area (Å²) in [5.74, 6) is 0. The largest absolute Gasteiger partial charge is 0.509 e. The number of nitrogens with one attached hydrogen (secondary N) is 2. The van der Waals surface area contributed by atoms with Crippen LogP contribution in [0, 0.1) is 12.3 Å². The van der Waals surface area contributed by atoms with E-state index in [9.17, 15) is 0 Å². The Morgan fingerprint density at radius 1 is 1.27 bits per heavy atom. The van der Waals surface area contributed by atoms with Crippen molar-refractivity contribution in [3.05, 3.63) is 70.7 Å². The summed E-state index contributed by atoms with van der Waals surface area (Å²) in [7, 11) is 8.12. The number of rotatable bonds is 9. The minimum absolute atomic E-state index is 0.560. The van der Waals surface area contributed by atoms with Gasteiger partial charge in [0.2, 0.25) is 0 Å². The Bertz CT molecular complexity index is 1010. The van der Waals surface area contributed by atoms with Crippen molar-refractivity contribution < 1.29 is 4.49 Å². The third kappa shape index (κ3) is 5.08. The molecule has 2 aromatic rings. The highest BCUT2D eigenvalue weighted by atomic mass is 15.1. The van der Waals surface area contributed by atoms with Gasteiger partial charge in [-0.15, -0.1) is 7.98 Å². The lowest BCUT2D eigenvalue weighted by molar-refractivity contribution is -0.294. The zero-order valence-corrected chi connectivity index (χ0v) is 17.7. The van der Waals surface area contributed by atoms with Gasteiger partial charge in [-0.25, -0.2) is 0 Å². The molecular formula is C24H29BN5. The third-order valence-electron chi connectivity index (χ3n) is 5.22. The van der Waals surface area contributed by atoms with Gasteiger partial charge in [-0.2, -0.15) is 0 Å². The molecule has 6 heteroatoms. The molecule has 4 N–H and O–H groups in total. The fourth-order valence-corrected chi connectivity index (χ4v) is 3.58. The second-order valence-corrected chi connectivity index (χ2v) is 7.44. The van der Waals surface area contributed by atoms with E-state index in [2.05, 4.69) is 59.3 Å². The van der Waals surface area contributed by atoms with Gasteiger partial charge in [-0.05, 0) is 67.9 Å². The number of aryl methyl sites for hydroxylation is 1. The van der Waals surface area contributed by atoms with Crippen LogP contribution in [0.5, 0.6) is 0 Å². The van der Waals surface area contributed by atoms with Crippen molar-refractivity contribution in [1.82, 2.24) is 4.98 Å². The summed E-state index contributed by atoms with van der Waals surface area (Å²) in [6, 6.07) is 10.6. The van der Waals surface area contributed by atoms with Crippen LogP contribution in [-0.2, 0) is 0 Å². The predicted octanol–water partition coefficient (Wildman–Crippen LogP) is 3.77. The number of aromatic amines is 1. The highest BCUT2D eigenvalue weighted by Gasteiger charge is 2.16. The summed E-state index contributed by atoms with van der Waals surface area (Å²) >= 11 is 0. The summed E-state index contributed by atoms with van der Waals surface area (Å²) < 4.78 is 1.64. The van der Waals surface area contributed by atoms with Gasteiger partial charge in [0, 0.05) is 42.7 Å². The summed E-state index contributed by atoms with van der Waals surface area (Å²) in [5, 5.41) is 7.17. The molecule has 1 aliphatic heterocycles. The number of anilines is 1. The molecule has 2 heterocycles. The Balaban J connectivity index is 1.78. The first kappa shape index (κ1) is 21.6. The van der Waals surface area contributed by atoms with E-state index in [1.54, 1.807) is 4.49 Å². The molecule has 0 spiro atoms. The zero-order chi connectivity index (χ0) is 21.5. The fourth-order valence-electron chi connectivity index (χ4n) is 3.58. The van der Waals surface area contributed by atoms with Crippen LogP contribution in [0.3, 0.4) is 0 Å². The molecule has 0 aliphatic carbocycles. The smallest absolute Gasteiger partial charge is 0.150 e. The second-order valence-electron chi connectivity index (χ2n) is 7.44. The summed E-state index contributed by atoms with van der Waals surface area (Å²) in [6.07, 6.45) is 12.9. The van der Waals surface area contributed by atoms with Gasteiger partial charge in [-0.3, -0.25) is 0 Å². The number of aromatic nitrogens is 1. The molecular weight excluding hydrogens is 369 g/mol. The quantitative estimate of drug-likeness (QED) is 0.445. The maximum atomic E-state index is 7.17. The first-order valence-corrected chi connectivity index (χ1v) is 10.2. The van der Waals surface area contributed by atoms with Gasteiger partial charge in [0.1, 0.15) is 6.21 Å². The normalized spacial score (nSPS) is 15.0. The predicted molar refractivity (Wildman–Crippen MR) is 129 cm³/mol. The molecule has 1 aromatic carbocycles. The average molecular weight is 398 g/mol. The molecule has 3 rings (SSSR count). The highest BCUT2D eigenvalue weighted by Crippen LogP contribution is 2.27.